The standard InChI is InChI=1S/C13H26N2O2/c14-7-1-8-15-9-4-12-2-5-13(6-3-12)16-10-11-17-13/h12,15H,1-11,14H2. The maximum Gasteiger partial charge on any atom is 0.168 e. The van der Waals surface area contributed by atoms with Crippen LogP contribution in [-0.2, 0) is 9.47 Å². The molecule has 0 aromatic heterocycles. The minimum atomic E-state index is -0.191. The second kappa shape index (κ2) is 6.69. The molecule has 0 atom stereocenters. The first-order chi connectivity index (χ1) is 8.35. The summed E-state index contributed by atoms with van der Waals surface area (Å²) in [4.78, 5) is 0. The fraction of sp³-hybridized carbons (Fsp3) is 1.00. The average Bonchev–Trinajstić information content (AvgIpc) is 2.80. The van der Waals surface area contributed by atoms with Crippen LogP contribution in [0.3, 0.4) is 0 Å². The predicted molar refractivity (Wildman–Crippen MR) is 67.8 cm³/mol. The Labute approximate surface area is 104 Å². The zero-order valence-corrected chi connectivity index (χ0v) is 10.7. The van der Waals surface area contributed by atoms with Crippen molar-refractivity contribution in [1.29, 1.82) is 0 Å². The van der Waals surface area contributed by atoms with Crippen molar-refractivity contribution < 1.29 is 9.47 Å². The van der Waals surface area contributed by atoms with Gasteiger partial charge in [-0.15, -0.1) is 0 Å². The van der Waals surface area contributed by atoms with Crippen LogP contribution in [0.5, 0.6) is 0 Å². The Morgan fingerprint density at radius 1 is 1.12 bits per heavy atom. The van der Waals surface area contributed by atoms with Crippen molar-refractivity contribution in [3.8, 4) is 0 Å². The van der Waals surface area contributed by atoms with Gasteiger partial charge in [0.2, 0.25) is 0 Å². The van der Waals surface area contributed by atoms with Gasteiger partial charge in [0.15, 0.2) is 5.79 Å². The van der Waals surface area contributed by atoms with Crippen LogP contribution in [0.4, 0.5) is 0 Å². The van der Waals surface area contributed by atoms with E-state index < -0.39 is 0 Å². The van der Waals surface area contributed by atoms with Crippen LogP contribution in [0.25, 0.3) is 0 Å². The molecule has 1 aliphatic heterocycles. The molecule has 2 rings (SSSR count). The van der Waals surface area contributed by atoms with Crippen LogP contribution in [0.2, 0.25) is 0 Å². The van der Waals surface area contributed by atoms with E-state index in [2.05, 4.69) is 5.32 Å². The Morgan fingerprint density at radius 3 is 2.47 bits per heavy atom. The highest BCUT2D eigenvalue weighted by Crippen LogP contribution is 2.39. The second-order valence-corrected chi connectivity index (χ2v) is 5.23. The number of hydrogen-bond donors (Lipinski definition) is 2. The van der Waals surface area contributed by atoms with Crippen LogP contribution in [0, 0.1) is 5.92 Å². The number of nitrogens with two attached hydrogens (primary N) is 1. The van der Waals surface area contributed by atoms with Gasteiger partial charge in [-0.05, 0) is 51.2 Å². The van der Waals surface area contributed by atoms with E-state index in [-0.39, 0.29) is 5.79 Å². The maximum atomic E-state index is 5.74. The number of rotatable bonds is 6. The molecule has 1 saturated heterocycles. The van der Waals surface area contributed by atoms with Gasteiger partial charge in [0.1, 0.15) is 0 Å². The van der Waals surface area contributed by atoms with E-state index in [4.69, 9.17) is 15.2 Å². The molecule has 1 heterocycles. The van der Waals surface area contributed by atoms with Gasteiger partial charge in [0.25, 0.3) is 0 Å². The Kier molecular flexibility index (Phi) is 5.22. The zero-order chi connectivity index (χ0) is 12.0. The van der Waals surface area contributed by atoms with Gasteiger partial charge in [0, 0.05) is 12.8 Å². The third kappa shape index (κ3) is 3.91. The Bertz CT molecular complexity index is 207. The van der Waals surface area contributed by atoms with Gasteiger partial charge >= 0.3 is 0 Å². The third-order valence-corrected chi connectivity index (χ3v) is 3.97. The molecule has 0 radical (unpaired) electrons. The average molecular weight is 242 g/mol. The van der Waals surface area contributed by atoms with Gasteiger partial charge < -0.3 is 20.5 Å². The first-order valence-electron chi connectivity index (χ1n) is 7.03. The summed E-state index contributed by atoms with van der Waals surface area (Å²) < 4.78 is 11.5. The van der Waals surface area contributed by atoms with Crippen molar-refractivity contribution in [2.75, 3.05) is 32.8 Å². The molecule has 2 fully saturated rings. The number of hydrogen-bond acceptors (Lipinski definition) is 4. The van der Waals surface area contributed by atoms with Gasteiger partial charge in [-0.1, -0.05) is 0 Å². The molecule has 4 nitrogen and oxygen atoms in total. The van der Waals surface area contributed by atoms with Crippen molar-refractivity contribution >= 4 is 0 Å². The molecule has 0 aromatic rings. The molecule has 1 saturated carbocycles. The number of nitrogens with one attached hydrogen (secondary N) is 1. The molecule has 1 aliphatic carbocycles. The molecule has 0 amide bonds. The minimum absolute atomic E-state index is 0.191. The monoisotopic (exact) mass is 242 g/mol. The summed E-state index contributed by atoms with van der Waals surface area (Å²) in [6, 6.07) is 0. The highest BCUT2D eigenvalue weighted by atomic mass is 16.7. The van der Waals surface area contributed by atoms with Crippen molar-refractivity contribution in [1.82, 2.24) is 5.32 Å². The van der Waals surface area contributed by atoms with Crippen molar-refractivity contribution in [2.45, 2.75) is 44.3 Å². The molecule has 2 aliphatic rings. The largest absolute Gasteiger partial charge is 0.348 e. The topological polar surface area (TPSA) is 56.5 Å². The van der Waals surface area contributed by atoms with Crippen LogP contribution >= 0.6 is 0 Å². The Morgan fingerprint density at radius 2 is 1.82 bits per heavy atom. The van der Waals surface area contributed by atoms with Crippen molar-refractivity contribution in [3.63, 3.8) is 0 Å². The molecule has 1 spiro atoms. The second-order valence-electron chi connectivity index (χ2n) is 5.23. The third-order valence-electron chi connectivity index (χ3n) is 3.97. The minimum Gasteiger partial charge on any atom is -0.348 e. The summed E-state index contributed by atoms with van der Waals surface area (Å²) in [5.41, 5.74) is 5.45. The predicted octanol–water partition coefficient (Wildman–Crippen LogP) is 1.25. The van der Waals surface area contributed by atoms with E-state index in [9.17, 15) is 0 Å². The highest BCUT2D eigenvalue weighted by Gasteiger charge is 2.39. The molecule has 3 N–H and O–H groups in total. The Hall–Kier alpha value is -0.160. The molecule has 0 unspecified atom stereocenters. The lowest BCUT2D eigenvalue weighted by atomic mass is 9.83. The molecule has 0 aromatic carbocycles. The van der Waals surface area contributed by atoms with Crippen molar-refractivity contribution in [2.24, 2.45) is 11.7 Å². The smallest absolute Gasteiger partial charge is 0.168 e. The zero-order valence-electron chi connectivity index (χ0n) is 10.7. The van der Waals surface area contributed by atoms with Crippen LogP contribution in [0.1, 0.15) is 38.5 Å². The van der Waals surface area contributed by atoms with Crippen molar-refractivity contribution in [3.05, 3.63) is 0 Å². The van der Waals surface area contributed by atoms with E-state index in [0.717, 1.165) is 58.0 Å². The SMILES string of the molecule is NCCCNCCC1CCC2(CC1)OCCO2. The Balaban J connectivity index is 1.56. The summed E-state index contributed by atoms with van der Waals surface area (Å²) in [5.74, 6) is 0.655. The maximum absolute atomic E-state index is 5.74. The van der Waals surface area contributed by atoms with E-state index in [1.54, 1.807) is 0 Å². The molecule has 17 heavy (non-hydrogen) atoms. The molecular formula is C13H26N2O2. The fourth-order valence-electron chi connectivity index (χ4n) is 2.85. The van der Waals surface area contributed by atoms with Gasteiger partial charge in [0.05, 0.1) is 13.2 Å². The first-order valence-corrected chi connectivity index (χ1v) is 7.03. The molecule has 100 valence electrons. The molecular weight excluding hydrogens is 216 g/mol. The highest BCUT2D eigenvalue weighted by molar-refractivity contribution is 4.82. The lowest BCUT2D eigenvalue weighted by Crippen LogP contribution is -2.35. The van der Waals surface area contributed by atoms with Gasteiger partial charge in [-0.2, -0.15) is 0 Å². The summed E-state index contributed by atoms with van der Waals surface area (Å²) in [6.45, 7) is 4.53. The number of ether oxygens (including phenoxy) is 2. The van der Waals surface area contributed by atoms with Crippen LogP contribution < -0.4 is 11.1 Å². The summed E-state index contributed by atoms with van der Waals surface area (Å²) in [5, 5.41) is 3.45. The quantitative estimate of drug-likeness (QED) is 0.688. The molecule has 0 bridgehead atoms. The van der Waals surface area contributed by atoms with E-state index in [1.165, 1.54) is 19.3 Å². The van der Waals surface area contributed by atoms with Gasteiger partial charge in [-0.25, -0.2) is 0 Å². The van der Waals surface area contributed by atoms with Crippen LogP contribution in [-0.4, -0.2) is 38.6 Å². The summed E-state index contributed by atoms with van der Waals surface area (Å²) in [6.07, 6.45) is 7.02. The lowest BCUT2D eigenvalue weighted by molar-refractivity contribution is -0.182. The van der Waals surface area contributed by atoms with Gasteiger partial charge in [-0.3, -0.25) is 0 Å². The fourth-order valence-corrected chi connectivity index (χ4v) is 2.85. The summed E-state index contributed by atoms with van der Waals surface area (Å²) in [7, 11) is 0. The van der Waals surface area contributed by atoms with E-state index in [1.807, 2.05) is 0 Å². The van der Waals surface area contributed by atoms with E-state index in [0.29, 0.717) is 0 Å². The molecule has 4 heteroatoms. The van der Waals surface area contributed by atoms with Crippen LogP contribution in [0.15, 0.2) is 0 Å². The normalized spacial score (nSPS) is 24.5. The van der Waals surface area contributed by atoms with E-state index >= 15 is 0 Å². The summed E-state index contributed by atoms with van der Waals surface area (Å²) >= 11 is 0. The first kappa shape index (κ1) is 13.3. The lowest BCUT2D eigenvalue weighted by Gasteiger charge is -2.35.